The monoisotopic (exact) mass is 480 g/mol. The third-order valence-electron chi connectivity index (χ3n) is 5.82. The summed E-state index contributed by atoms with van der Waals surface area (Å²) in [6, 6.07) is 5.89. The molecule has 186 valence electrons. The van der Waals surface area contributed by atoms with Crippen molar-refractivity contribution in [3.8, 4) is 0 Å². The molecule has 1 unspecified atom stereocenters. The predicted octanol–water partition coefficient (Wildman–Crippen LogP) is 4.63. The highest BCUT2D eigenvalue weighted by molar-refractivity contribution is 7.80. The quantitative estimate of drug-likeness (QED) is 0.165. The molecular weight excluding hydrogens is 440 g/mol. The van der Waals surface area contributed by atoms with Crippen LogP contribution in [0.5, 0.6) is 0 Å². The van der Waals surface area contributed by atoms with Gasteiger partial charge in [0, 0.05) is 12.7 Å². The third-order valence-corrected chi connectivity index (χ3v) is 6.61. The molecule has 0 aromatic heterocycles. The zero-order valence-electron chi connectivity index (χ0n) is 20.7. The summed E-state index contributed by atoms with van der Waals surface area (Å²) in [6.07, 6.45) is 2.47. The molecule has 1 atom stereocenters. The van der Waals surface area contributed by atoms with Crippen LogP contribution in [-0.2, 0) is 29.8 Å². The average Bonchev–Trinajstić information content (AvgIpc) is 2.81. The standard InChI is InChI=1S/C26H40O6S/c1-7-23(28)31-12-10-9-11-30-16-22(27)17-32-24(29)19-13-20(25(3,4)8-2)15-21(14-19)26(5,6)18-33/h7,13-15,22,27,33H,1,8-12,16-18H2,2-6H3. The fraction of sp³-hybridized carbons (Fsp3) is 0.615. The number of aliphatic hydroxyl groups excluding tert-OH is 1. The largest absolute Gasteiger partial charge is 0.463 e. The Morgan fingerprint density at radius 1 is 1.03 bits per heavy atom. The van der Waals surface area contributed by atoms with Crippen molar-refractivity contribution in [3.05, 3.63) is 47.5 Å². The van der Waals surface area contributed by atoms with E-state index in [1.54, 1.807) is 0 Å². The van der Waals surface area contributed by atoms with E-state index in [1.807, 2.05) is 12.1 Å². The lowest BCUT2D eigenvalue weighted by atomic mass is 9.77. The van der Waals surface area contributed by atoms with Crippen molar-refractivity contribution < 1.29 is 28.9 Å². The van der Waals surface area contributed by atoms with Gasteiger partial charge < -0.3 is 19.3 Å². The van der Waals surface area contributed by atoms with Crippen molar-refractivity contribution in [2.24, 2.45) is 0 Å². The van der Waals surface area contributed by atoms with Crippen LogP contribution in [0.4, 0.5) is 0 Å². The summed E-state index contributed by atoms with van der Waals surface area (Å²) in [7, 11) is 0. The molecule has 1 rings (SSSR count). The van der Waals surface area contributed by atoms with E-state index in [4.69, 9.17) is 14.2 Å². The molecule has 0 radical (unpaired) electrons. The molecule has 0 aliphatic rings. The number of benzene rings is 1. The van der Waals surface area contributed by atoms with E-state index < -0.39 is 18.0 Å². The van der Waals surface area contributed by atoms with Crippen LogP contribution in [0.15, 0.2) is 30.9 Å². The van der Waals surface area contributed by atoms with Gasteiger partial charge in [-0.3, -0.25) is 0 Å². The maximum absolute atomic E-state index is 12.8. The highest BCUT2D eigenvalue weighted by atomic mass is 32.1. The minimum absolute atomic E-state index is 0.0561. The first-order chi connectivity index (χ1) is 15.5. The SMILES string of the molecule is C=CC(=O)OCCCCOCC(O)COC(=O)c1cc(C(C)(C)CC)cc(C(C)(C)CS)c1. The van der Waals surface area contributed by atoms with E-state index in [2.05, 4.69) is 59.9 Å². The number of hydrogen-bond acceptors (Lipinski definition) is 7. The summed E-state index contributed by atoms with van der Waals surface area (Å²) in [5.74, 6) is -0.272. The normalized spacial score (nSPS) is 12.8. The Balaban J connectivity index is 2.62. The summed E-state index contributed by atoms with van der Waals surface area (Å²) >= 11 is 4.48. The average molecular weight is 481 g/mol. The van der Waals surface area contributed by atoms with Crippen LogP contribution < -0.4 is 0 Å². The molecule has 0 bridgehead atoms. The van der Waals surface area contributed by atoms with Crippen LogP contribution in [0, 0.1) is 0 Å². The second kappa shape index (κ2) is 13.8. The second-order valence-electron chi connectivity index (χ2n) is 9.48. The minimum atomic E-state index is -0.920. The summed E-state index contributed by atoms with van der Waals surface area (Å²) in [5.41, 5.74) is 2.30. The van der Waals surface area contributed by atoms with Gasteiger partial charge in [0.2, 0.25) is 0 Å². The number of aliphatic hydroxyl groups is 1. The smallest absolute Gasteiger partial charge is 0.338 e. The van der Waals surface area contributed by atoms with Crippen LogP contribution in [0.2, 0.25) is 0 Å². The molecule has 0 amide bonds. The van der Waals surface area contributed by atoms with Gasteiger partial charge in [-0.25, -0.2) is 9.59 Å². The lowest BCUT2D eigenvalue weighted by molar-refractivity contribution is -0.137. The molecule has 0 fully saturated rings. The molecule has 7 heteroatoms. The first-order valence-corrected chi connectivity index (χ1v) is 12.1. The Morgan fingerprint density at radius 2 is 1.64 bits per heavy atom. The van der Waals surface area contributed by atoms with Gasteiger partial charge in [-0.05, 0) is 59.1 Å². The lowest BCUT2D eigenvalue weighted by Gasteiger charge is -2.29. The van der Waals surface area contributed by atoms with Gasteiger partial charge in [-0.1, -0.05) is 47.3 Å². The van der Waals surface area contributed by atoms with Crippen LogP contribution in [0.3, 0.4) is 0 Å². The predicted molar refractivity (Wildman–Crippen MR) is 134 cm³/mol. The number of carbonyl (C=O) groups excluding carboxylic acids is 2. The fourth-order valence-corrected chi connectivity index (χ4v) is 3.07. The Kier molecular flexibility index (Phi) is 12.2. The molecule has 0 saturated carbocycles. The molecule has 1 N–H and O–H groups in total. The van der Waals surface area contributed by atoms with Gasteiger partial charge in [-0.2, -0.15) is 12.6 Å². The van der Waals surface area contributed by atoms with E-state index in [9.17, 15) is 14.7 Å². The van der Waals surface area contributed by atoms with Crippen LogP contribution in [0.1, 0.15) is 75.4 Å². The van der Waals surface area contributed by atoms with Gasteiger partial charge in [0.05, 0.1) is 18.8 Å². The summed E-state index contributed by atoms with van der Waals surface area (Å²) in [5, 5.41) is 10.1. The molecule has 0 aliphatic carbocycles. The molecular formula is C26H40O6S. The number of ether oxygens (including phenoxy) is 3. The number of hydrogen-bond donors (Lipinski definition) is 2. The van der Waals surface area contributed by atoms with Crippen molar-refractivity contribution in [2.45, 2.75) is 70.8 Å². The number of rotatable bonds is 15. The zero-order chi connectivity index (χ0) is 25.1. The Labute approximate surface area is 204 Å². The summed E-state index contributed by atoms with van der Waals surface area (Å²) in [4.78, 5) is 23.7. The first-order valence-electron chi connectivity index (χ1n) is 11.5. The molecule has 0 heterocycles. The Bertz CT molecular complexity index is 753. The third kappa shape index (κ3) is 9.90. The molecule has 0 saturated heterocycles. The van der Waals surface area contributed by atoms with Gasteiger partial charge in [0.1, 0.15) is 12.7 Å². The van der Waals surface area contributed by atoms with Crippen molar-refractivity contribution in [3.63, 3.8) is 0 Å². The van der Waals surface area contributed by atoms with Crippen molar-refractivity contribution in [1.29, 1.82) is 0 Å². The molecule has 33 heavy (non-hydrogen) atoms. The van der Waals surface area contributed by atoms with E-state index in [0.717, 1.165) is 23.6 Å². The Morgan fingerprint density at radius 3 is 2.21 bits per heavy atom. The van der Waals surface area contributed by atoms with Crippen LogP contribution in [-0.4, -0.2) is 55.3 Å². The first kappa shape index (κ1) is 29.2. The maximum Gasteiger partial charge on any atom is 0.338 e. The molecule has 6 nitrogen and oxygen atoms in total. The van der Waals surface area contributed by atoms with E-state index >= 15 is 0 Å². The molecule has 1 aromatic rings. The maximum atomic E-state index is 12.8. The van der Waals surface area contributed by atoms with Gasteiger partial charge >= 0.3 is 11.9 Å². The van der Waals surface area contributed by atoms with E-state index in [1.165, 1.54) is 0 Å². The minimum Gasteiger partial charge on any atom is -0.463 e. The molecule has 0 aliphatic heterocycles. The summed E-state index contributed by atoms with van der Waals surface area (Å²) in [6.45, 7) is 14.6. The van der Waals surface area contributed by atoms with E-state index in [0.29, 0.717) is 37.4 Å². The molecule has 0 spiro atoms. The number of carbonyl (C=O) groups is 2. The summed E-state index contributed by atoms with van der Waals surface area (Å²) < 4.78 is 15.7. The molecule has 1 aromatic carbocycles. The van der Waals surface area contributed by atoms with E-state index in [-0.39, 0.29) is 24.0 Å². The van der Waals surface area contributed by atoms with Gasteiger partial charge in [0.25, 0.3) is 0 Å². The van der Waals surface area contributed by atoms with Gasteiger partial charge in [-0.15, -0.1) is 0 Å². The fourth-order valence-electron chi connectivity index (χ4n) is 2.88. The zero-order valence-corrected chi connectivity index (χ0v) is 21.6. The number of unbranched alkanes of at least 4 members (excludes halogenated alkanes) is 1. The highest BCUT2D eigenvalue weighted by Crippen LogP contribution is 2.33. The highest BCUT2D eigenvalue weighted by Gasteiger charge is 2.26. The number of thiol groups is 1. The number of esters is 2. The Hall–Kier alpha value is -1.83. The van der Waals surface area contributed by atoms with Gasteiger partial charge in [0.15, 0.2) is 0 Å². The second-order valence-corrected chi connectivity index (χ2v) is 9.80. The van der Waals surface area contributed by atoms with Crippen molar-refractivity contribution in [1.82, 2.24) is 0 Å². The van der Waals surface area contributed by atoms with Crippen molar-refractivity contribution >= 4 is 24.6 Å². The van der Waals surface area contributed by atoms with Crippen LogP contribution in [0.25, 0.3) is 0 Å². The lowest BCUT2D eigenvalue weighted by Crippen LogP contribution is -2.26. The van der Waals surface area contributed by atoms with Crippen LogP contribution >= 0.6 is 12.6 Å². The van der Waals surface area contributed by atoms with Crippen molar-refractivity contribution in [2.75, 3.05) is 32.2 Å². The topological polar surface area (TPSA) is 82.1 Å².